The first kappa shape index (κ1) is 14.0. The summed E-state index contributed by atoms with van der Waals surface area (Å²) in [5, 5.41) is 18.6. The van der Waals surface area contributed by atoms with Crippen molar-refractivity contribution in [1.82, 2.24) is 4.98 Å². The summed E-state index contributed by atoms with van der Waals surface area (Å²) in [6, 6.07) is 0.596. The number of hydrogen-bond donors (Lipinski definition) is 1. The largest absolute Gasteiger partial charge is 0.477 e. The molecule has 0 aromatic carbocycles. The zero-order valence-electron chi connectivity index (χ0n) is 8.47. The van der Waals surface area contributed by atoms with Crippen LogP contribution in [0, 0.1) is 10.1 Å². The van der Waals surface area contributed by atoms with Gasteiger partial charge in [-0.25, -0.2) is 13.6 Å². The number of hydrogen-bond acceptors (Lipinski definition) is 5. The van der Waals surface area contributed by atoms with Gasteiger partial charge in [0.1, 0.15) is 5.56 Å². The zero-order chi connectivity index (χ0) is 13.9. The monoisotopic (exact) mass is 282 g/mol. The summed E-state index contributed by atoms with van der Waals surface area (Å²) < 4.78 is 28.3. The Kier molecular flexibility index (Phi) is 4.32. The summed E-state index contributed by atoms with van der Waals surface area (Å²) in [6.07, 6.45) is -2.84. The van der Waals surface area contributed by atoms with Gasteiger partial charge in [-0.05, 0) is 0 Å². The molecule has 1 aromatic rings. The van der Waals surface area contributed by atoms with Crippen LogP contribution >= 0.6 is 11.6 Å². The molecule has 0 aliphatic heterocycles. The molecule has 0 saturated carbocycles. The van der Waals surface area contributed by atoms with E-state index in [9.17, 15) is 23.7 Å². The highest BCUT2D eigenvalue weighted by Crippen LogP contribution is 2.29. The highest BCUT2D eigenvalue weighted by Gasteiger charge is 2.23. The predicted molar refractivity (Wildman–Crippen MR) is 54.4 cm³/mol. The number of aromatic nitrogens is 1. The highest BCUT2D eigenvalue weighted by atomic mass is 35.5. The lowest BCUT2D eigenvalue weighted by molar-refractivity contribution is -0.385. The fraction of sp³-hybridized carbons (Fsp3) is 0.250. The van der Waals surface area contributed by atoms with Crippen LogP contribution in [-0.2, 0) is 0 Å². The molecule has 10 heteroatoms. The third-order valence-electron chi connectivity index (χ3n) is 1.70. The summed E-state index contributed by atoms with van der Waals surface area (Å²) in [5.74, 6) is -2.30. The van der Waals surface area contributed by atoms with Crippen molar-refractivity contribution in [2.75, 3.05) is 6.61 Å². The lowest BCUT2D eigenvalue weighted by Crippen LogP contribution is -2.12. The van der Waals surface area contributed by atoms with E-state index in [1.54, 1.807) is 0 Å². The topological polar surface area (TPSA) is 103 Å². The van der Waals surface area contributed by atoms with Gasteiger partial charge in [-0.3, -0.25) is 10.1 Å². The van der Waals surface area contributed by atoms with Crippen LogP contribution in [0.25, 0.3) is 0 Å². The molecule has 1 aromatic heterocycles. The van der Waals surface area contributed by atoms with Crippen LogP contribution in [-0.4, -0.2) is 34.0 Å². The number of nitro groups is 1. The Balaban J connectivity index is 3.20. The van der Waals surface area contributed by atoms with Crippen LogP contribution in [0.3, 0.4) is 0 Å². The van der Waals surface area contributed by atoms with E-state index in [1.165, 1.54) is 0 Å². The third kappa shape index (κ3) is 3.23. The number of carboxylic acids is 1. The van der Waals surface area contributed by atoms with Crippen LogP contribution in [0.4, 0.5) is 14.5 Å². The fourth-order valence-corrected chi connectivity index (χ4v) is 1.20. The first-order valence-electron chi connectivity index (χ1n) is 4.32. The van der Waals surface area contributed by atoms with Gasteiger partial charge in [-0.1, -0.05) is 11.6 Å². The first-order chi connectivity index (χ1) is 8.32. The van der Waals surface area contributed by atoms with Gasteiger partial charge in [0.05, 0.1) is 4.92 Å². The number of nitrogens with zero attached hydrogens (tertiary/aromatic N) is 2. The molecule has 98 valence electrons. The van der Waals surface area contributed by atoms with Crippen molar-refractivity contribution in [3.05, 3.63) is 26.9 Å². The Morgan fingerprint density at radius 3 is 2.72 bits per heavy atom. The molecule has 18 heavy (non-hydrogen) atoms. The molecule has 0 atom stereocenters. The Labute approximate surface area is 103 Å². The van der Waals surface area contributed by atoms with Crippen LogP contribution in [0.5, 0.6) is 5.88 Å². The van der Waals surface area contributed by atoms with Crippen molar-refractivity contribution < 1.29 is 28.3 Å². The molecule has 0 radical (unpaired) electrons. The van der Waals surface area contributed by atoms with Gasteiger partial charge in [0.15, 0.2) is 6.61 Å². The van der Waals surface area contributed by atoms with Crippen molar-refractivity contribution in [2.45, 2.75) is 6.43 Å². The normalized spacial score (nSPS) is 10.4. The average Bonchev–Trinajstić information content (AvgIpc) is 2.25. The van der Waals surface area contributed by atoms with E-state index < -0.39 is 46.2 Å². The molecular weight excluding hydrogens is 278 g/mol. The van der Waals surface area contributed by atoms with Crippen molar-refractivity contribution >= 4 is 23.3 Å². The standard InChI is InChI=1S/C8H5ClF2N2O5/c9-6-4(13(16)17)1-3(8(14)15)7(12-6)18-2-5(10)11/h1,5H,2H2,(H,14,15). The second-order valence-corrected chi connectivity index (χ2v) is 3.27. The van der Waals surface area contributed by atoms with E-state index >= 15 is 0 Å². The molecule has 0 unspecified atom stereocenters. The van der Waals surface area contributed by atoms with E-state index in [1.807, 2.05) is 0 Å². The maximum Gasteiger partial charge on any atom is 0.341 e. The van der Waals surface area contributed by atoms with Crippen LogP contribution in [0.2, 0.25) is 5.15 Å². The predicted octanol–water partition coefficient (Wildman–Crippen LogP) is 1.99. The van der Waals surface area contributed by atoms with Crippen molar-refractivity contribution in [1.29, 1.82) is 0 Å². The van der Waals surface area contributed by atoms with Crippen LogP contribution in [0.15, 0.2) is 6.07 Å². The summed E-state index contributed by atoms with van der Waals surface area (Å²) in [7, 11) is 0. The molecule has 0 amide bonds. The quantitative estimate of drug-likeness (QED) is 0.503. The third-order valence-corrected chi connectivity index (χ3v) is 1.97. The van der Waals surface area contributed by atoms with Crippen molar-refractivity contribution in [3.63, 3.8) is 0 Å². The number of ether oxygens (including phenoxy) is 1. The second kappa shape index (κ2) is 5.54. The minimum atomic E-state index is -2.84. The molecule has 1 rings (SSSR count). The number of aromatic carboxylic acids is 1. The van der Waals surface area contributed by atoms with Gasteiger partial charge in [0.2, 0.25) is 11.0 Å². The Morgan fingerprint density at radius 2 is 2.28 bits per heavy atom. The van der Waals surface area contributed by atoms with Gasteiger partial charge in [0.25, 0.3) is 6.43 Å². The Bertz CT molecular complexity index is 497. The highest BCUT2D eigenvalue weighted by molar-refractivity contribution is 6.31. The fourth-order valence-electron chi connectivity index (χ4n) is 0.998. The Hall–Kier alpha value is -2.03. The number of pyridine rings is 1. The maximum atomic E-state index is 11.9. The van der Waals surface area contributed by atoms with E-state index in [2.05, 4.69) is 9.72 Å². The summed E-state index contributed by atoms with van der Waals surface area (Å²) in [5.41, 5.74) is -1.47. The van der Waals surface area contributed by atoms with E-state index in [-0.39, 0.29) is 0 Å². The van der Waals surface area contributed by atoms with Gasteiger partial charge >= 0.3 is 11.7 Å². The van der Waals surface area contributed by atoms with Gasteiger partial charge in [0, 0.05) is 6.07 Å². The van der Waals surface area contributed by atoms with E-state index in [0.717, 1.165) is 0 Å². The lowest BCUT2D eigenvalue weighted by atomic mass is 10.2. The molecule has 0 bridgehead atoms. The van der Waals surface area contributed by atoms with Gasteiger partial charge < -0.3 is 9.84 Å². The number of carboxylic acid groups (broad SMARTS) is 1. The minimum absolute atomic E-state index is 0.596. The molecule has 0 spiro atoms. The minimum Gasteiger partial charge on any atom is -0.477 e. The van der Waals surface area contributed by atoms with E-state index in [4.69, 9.17) is 16.7 Å². The van der Waals surface area contributed by atoms with Gasteiger partial charge in [-0.2, -0.15) is 4.98 Å². The molecular formula is C8H5ClF2N2O5. The van der Waals surface area contributed by atoms with E-state index in [0.29, 0.717) is 6.07 Å². The van der Waals surface area contributed by atoms with Crippen molar-refractivity contribution in [3.8, 4) is 5.88 Å². The summed E-state index contributed by atoms with van der Waals surface area (Å²) in [6.45, 7) is -1.10. The van der Waals surface area contributed by atoms with Crippen molar-refractivity contribution in [2.24, 2.45) is 0 Å². The number of alkyl halides is 2. The average molecular weight is 283 g/mol. The molecule has 1 heterocycles. The summed E-state index contributed by atoms with van der Waals surface area (Å²) >= 11 is 5.40. The molecule has 0 aliphatic rings. The number of halogens is 3. The number of rotatable bonds is 5. The molecule has 7 nitrogen and oxygen atoms in total. The molecule has 0 aliphatic carbocycles. The molecule has 0 fully saturated rings. The molecule has 1 N–H and O–H groups in total. The van der Waals surface area contributed by atoms with Crippen LogP contribution < -0.4 is 4.74 Å². The number of carbonyl (C=O) groups is 1. The van der Waals surface area contributed by atoms with Crippen LogP contribution in [0.1, 0.15) is 10.4 Å². The molecule has 0 saturated heterocycles. The first-order valence-corrected chi connectivity index (χ1v) is 4.70. The lowest BCUT2D eigenvalue weighted by Gasteiger charge is -2.07. The SMILES string of the molecule is O=C(O)c1cc([N+](=O)[O-])c(Cl)nc1OCC(F)F. The second-order valence-electron chi connectivity index (χ2n) is 2.92. The van der Waals surface area contributed by atoms with Gasteiger partial charge in [-0.15, -0.1) is 0 Å². The summed E-state index contributed by atoms with van der Waals surface area (Å²) in [4.78, 5) is 23.6. The Morgan fingerprint density at radius 1 is 1.67 bits per heavy atom. The smallest absolute Gasteiger partial charge is 0.341 e. The zero-order valence-corrected chi connectivity index (χ0v) is 9.23. The maximum absolute atomic E-state index is 11.9.